The van der Waals surface area contributed by atoms with Crippen LogP contribution in [0.15, 0.2) is 58.8 Å². The van der Waals surface area contributed by atoms with Gasteiger partial charge in [0.2, 0.25) is 5.91 Å². The molecule has 0 aliphatic carbocycles. The van der Waals surface area contributed by atoms with Gasteiger partial charge in [-0.05, 0) is 38.1 Å². The van der Waals surface area contributed by atoms with Crippen LogP contribution >= 0.6 is 11.8 Å². The van der Waals surface area contributed by atoms with E-state index in [1.807, 2.05) is 44.2 Å². The van der Waals surface area contributed by atoms with Gasteiger partial charge in [0.25, 0.3) is 0 Å². The van der Waals surface area contributed by atoms with Gasteiger partial charge < -0.3 is 0 Å². The SMILES string of the molecule is Cc1ccc2nc(C)cc(SCC(=O)N/N=C/c3cccnc3)c2c1. The van der Waals surface area contributed by atoms with Gasteiger partial charge in [-0.1, -0.05) is 17.7 Å². The molecule has 0 fully saturated rings. The Bertz CT molecular complexity index is 925. The lowest BCUT2D eigenvalue weighted by atomic mass is 10.1. The largest absolute Gasteiger partial charge is 0.272 e. The lowest BCUT2D eigenvalue weighted by Crippen LogP contribution is -2.19. The van der Waals surface area contributed by atoms with Crippen molar-refractivity contribution in [2.45, 2.75) is 18.7 Å². The fourth-order valence-electron chi connectivity index (χ4n) is 2.36. The summed E-state index contributed by atoms with van der Waals surface area (Å²) >= 11 is 1.49. The van der Waals surface area contributed by atoms with E-state index in [1.54, 1.807) is 18.6 Å². The second kappa shape index (κ2) is 7.90. The number of aromatic nitrogens is 2. The third kappa shape index (κ3) is 4.64. The van der Waals surface area contributed by atoms with Crippen molar-refractivity contribution in [3.63, 3.8) is 0 Å². The van der Waals surface area contributed by atoms with E-state index in [0.29, 0.717) is 0 Å². The average molecular weight is 350 g/mol. The molecule has 3 aromatic rings. The number of rotatable bonds is 5. The fourth-order valence-corrected chi connectivity index (χ4v) is 3.28. The van der Waals surface area contributed by atoms with E-state index < -0.39 is 0 Å². The van der Waals surface area contributed by atoms with Gasteiger partial charge in [-0.3, -0.25) is 14.8 Å². The van der Waals surface area contributed by atoms with Crippen LogP contribution in [0.1, 0.15) is 16.8 Å². The van der Waals surface area contributed by atoms with Gasteiger partial charge in [0.15, 0.2) is 0 Å². The first-order valence-electron chi connectivity index (χ1n) is 7.84. The fraction of sp³-hybridized carbons (Fsp3) is 0.158. The van der Waals surface area contributed by atoms with E-state index in [4.69, 9.17) is 0 Å². The Morgan fingerprint density at radius 3 is 2.96 bits per heavy atom. The normalized spacial score (nSPS) is 11.1. The molecule has 6 heteroatoms. The lowest BCUT2D eigenvalue weighted by Gasteiger charge is -2.08. The molecule has 3 rings (SSSR count). The first-order valence-corrected chi connectivity index (χ1v) is 8.83. The van der Waals surface area contributed by atoms with Crippen LogP contribution in [0, 0.1) is 13.8 Å². The summed E-state index contributed by atoms with van der Waals surface area (Å²) in [6.45, 7) is 4.01. The van der Waals surface area contributed by atoms with Crippen molar-refractivity contribution >= 4 is 34.8 Å². The number of nitrogens with zero attached hydrogens (tertiary/aromatic N) is 3. The summed E-state index contributed by atoms with van der Waals surface area (Å²) in [5.41, 5.74) is 6.43. The number of fused-ring (bicyclic) bond motifs is 1. The quantitative estimate of drug-likeness (QED) is 0.434. The average Bonchev–Trinajstić information content (AvgIpc) is 2.61. The summed E-state index contributed by atoms with van der Waals surface area (Å²) in [4.78, 5) is 21.6. The number of benzene rings is 1. The number of nitrogens with one attached hydrogen (secondary N) is 1. The van der Waals surface area contributed by atoms with Gasteiger partial charge >= 0.3 is 0 Å². The molecule has 2 heterocycles. The Morgan fingerprint density at radius 1 is 1.28 bits per heavy atom. The van der Waals surface area contributed by atoms with Gasteiger partial charge in [-0.15, -0.1) is 11.8 Å². The highest BCUT2D eigenvalue weighted by molar-refractivity contribution is 8.00. The first-order chi connectivity index (χ1) is 12.1. The molecular weight excluding hydrogens is 332 g/mol. The second-order valence-corrected chi connectivity index (χ2v) is 6.67. The monoisotopic (exact) mass is 350 g/mol. The summed E-state index contributed by atoms with van der Waals surface area (Å²) in [6.07, 6.45) is 4.94. The highest BCUT2D eigenvalue weighted by Crippen LogP contribution is 2.28. The van der Waals surface area contributed by atoms with Crippen molar-refractivity contribution in [1.82, 2.24) is 15.4 Å². The number of hydrogen-bond acceptors (Lipinski definition) is 5. The van der Waals surface area contributed by atoms with Crippen molar-refractivity contribution in [1.29, 1.82) is 0 Å². The molecule has 1 amide bonds. The minimum Gasteiger partial charge on any atom is -0.272 e. The predicted octanol–water partition coefficient (Wildman–Crippen LogP) is 3.49. The van der Waals surface area contributed by atoms with E-state index in [9.17, 15) is 4.79 Å². The highest BCUT2D eigenvalue weighted by atomic mass is 32.2. The molecule has 5 nitrogen and oxygen atoms in total. The maximum absolute atomic E-state index is 12.0. The maximum atomic E-state index is 12.0. The number of hydrazone groups is 1. The van der Waals surface area contributed by atoms with Gasteiger partial charge in [0.1, 0.15) is 0 Å². The molecular formula is C19H18N4OS. The zero-order chi connectivity index (χ0) is 17.6. The summed E-state index contributed by atoms with van der Waals surface area (Å²) in [5, 5.41) is 5.03. The van der Waals surface area contributed by atoms with Crippen LogP contribution < -0.4 is 5.43 Å². The van der Waals surface area contributed by atoms with E-state index >= 15 is 0 Å². The number of amides is 1. The summed E-state index contributed by atoms with van der Waals surface area (Å²) in [5.74, 6) is 0.136. The summed E-state index contributed by atoms with van der Waals surface area (Å²) in [7, 11) is 0. The number of hydrogen-bond donors (Lipinski definition) is 1. The Morgan fingerprint density at radius 2 is 2.16 bits per heavy atom. The van der Waals surface area contributed by atoms with Gasteiger partial charge in [-0.25, -0.2) is 5.43 Å². The minimum atomic E-state index is -0.152. The topological polar surface area (TPSA) is 67.2 Å². The van der Waals surface area contributed by atoms with Crippen LogP contribution in [0.2, 0.25) is 0 Å². The standard InChI is InChI=1S/C19H18N4OS/c1-13-5-6-17-16(8-13)18(9-14(2)22-17)25-12-19(24)23-21-11-15-4-3-7-20-10-15/h3-11H,12H2,1-2H3,(H,23,24)/b21-11+. The summed E-state index contributed by atoms with van der Waals surface area (Å²) < 4.78 is 0. The van der Waals surface area contributed by atoms with Crippen LogP contribution in [0.4, 0.5) is 0 Å². The van der Waals surface area contributed by atoms with E-state index in [0.717, 1.165) is 27.1 Å². The molecule has 2 aromatic heterocycles. The summed E-state index contributed by atoms with van der Waals surface area (Å²) in [6, 6.07) is 11.9. The molecule has 0 bridgehead atoms. The Labute approximate surface area is 150 Å². The Hall–Kier alpha value is -2.73. The molecule has 0 aliphatic rings. The smallest absolute Gasteiger partial charge is 0.250 e. The predicted molar refractivity (Wildman–Crippen MR) is 102 cm³/mol. The molecule has 1 N–H and O–H groups in total. The van der Waals surface area contributed by atoms with Crippen molar-refractivity contribution in [3.05, 3.63) is 65.6 Å². The number of aryl methyl sites for hydroxylation is 2. The van der Waals surface area contributed by atoms with Gasteiger partial charge in [-0.2, -0.15) is 5.10 Å². The molecule has 0 saturated heterocycles. The third-order valence-corrected chi connectivity index (χ3v) is 4.56. The van der Waals surface area contributed by atoms with Gasteiger partial charge in [0, 0.05) is 33.9 Å². The molecule has 1 aromatic carbocycles. The highest BCUT2D eigenvalue weighted by Gasteiger charge is 2.08. The van der Waals surface area contributed by atoms with Crippen LogP contribution in [0.3, 0.4) is 0 Å². The van der Waals surface area contributed by atoms with Crippen LogP contribution in [-0.2, 0) is 4.79 Å². The number of thioether (sulfide) groups is 1. The first kappa shape index (κ1) is 17.1. The van der Waals surface area contributed by atoms with E-state index in [1.165, 1.54) is 17.3 Å². The molecule has 0 radical (unpaired) electrons. The van der Waals surface area contributed by atoms with Crippen molar-refractivity contribution in [2.24, 2.45) is 5.10 Å². The molecule has 0 unspecified atom stereocenters. The minimum absolute atomic E-state index is 0.152. The Kier molecular flexibility index (Phi) is 5.40. The molecule has 126 valence electrons. The van der Waals surface area contributed by atoms with E-state index in [-0.39, 0.29) is 11.7 Å². The molecule has 25 heavy (non-hydrogen) atoms. The van der Waals surface area contributed by atoms with Crippen LogP contribution in [0.25, 0.3) is 10.9 Å². The van der Waals surface area contributed by atoms with Crippen LogP contribution in [-0.4, -0.2) is 27.8 Å². The Balaban J connectivity index is 1.65. The lowest BCUT2D eigenvalue weighted by molar-refractivity contribution is -0.118. The third-order valence-electron chi connectivity index (χ3n) is 3.50. The maximum Gasteiger partial charge on any atom is 0.250 e. The zero-order valence-electron chi connectivity index (χ0n) is 14.1. The van der Waals surface area contributed by atoms with Gasteiger partial charge in [0.05, 0.1) is 17.5 Å². The second-order valence-electron chi connectivity index (χ2n) is 5.65. The number of carbonyl (C=O) groups excluding carboxylic acids is 1. The number of pyridine rings is 2. The molecule has 0 spiro atoms. The molecule has 0 atom stereocenters. The van der Waals surface area contributed by atoms with Crippen molar-refractivity contribution < 1.29 is 4.79 Å². The van der Waals surface area contributed by atoms with Crippen molar-refractivity contribution in [2.75, 3.05) is 5.75 Å². The van der Waals surface area contributed by atoms with E-state index in [2.05, 4.69) is 26.6 Å². The van der Waals surface area contributed by atoms with Crippen LogP contribution in [0.5, 0.6) is 0 Å². The van der Waals surface area contributed by atoms with Crippen molar-refractivity contribution in [3.8, 4) is 0 Å². The molecule has 0 saturated carbocycles. The molecule has 0 aliphatic heterocycles. The zero-order valence-corrected chi connectivity index (χ0v) is 14.9. The number of carbonyl (C=O) groups is 1.